The molecule has 1 atom stereocenters. The Kier molecular flexibility index (Phi) is 2.86. The lowest BCUT2D eigenvalue weighted by atomic mass is 9.73. The molecule has 1 aliphatic heterocycles. The lowest BCUT2D eigenvalue weighted by Gasteiger charge is -2.32. The maximum atomic E-state index is 5.27. The van der Waals surface area contributed by atoms with E-state index >= 15 is 0 Å². The van der Waals surface area contributed by atoms with Crippen LogP contribution in [0.2, 0.25) is 0 Å². The predicted molar refractivity (Wildman–Crippen MR) is 56.7 cm³/mol. The van der Waals surface area contributed by atoms with Gasteiger partial charge in [-0.3, -0.25) is 0 Å². The van der Waals surface area contributed by atoms with E-state index in [1.165, 1.54) is 12.8 Å². The van der Waals surface area contributed by atoms with E-state index in [0.29, 0.717) is 11.5 Å². The number of ether oxygens (including phenoxy) is 1. The van der Waals surface area contributed by atoms with Crippen LogP contribution in [-0.2, 0) is 4.74 Å². The van der Waals surface area contributed by atoms with Gasteiger partial charge in [0, 0.05) is 0 Å². The Morgan fingerprint density at radius 2 is 1.92 bits per heavy atom. The first kappa shape index (κ1) is 10.8. The van der Waals surface area contributed by atoms with E-state index < -0.39 is 0 Å². The van der Waals surface area contributed by atoms with E-state index in [1.807, 2.05) is 0 Å². The smallest absolute Gasteiger partial charge is 0.0815 e. The molecule has 0 spiro atoms. The van der Waals surface area contributed by atoms with Crippen LogP contribution in [0.1, 0.15) is 40.5 Å². The van der Waals surface area contributed by atoms with Crippen molar-refractivity contribution in [1.82, 2.24) is 0 Å². The second kappa shape index (κ2) is 3.45. The van der Waals surface area contributed by atoms with Gasteiger partial charge in [0.2, 0.25) is 0 Å². The quantitative estimate of drug-likeness (QED) is 0.469. The van der Waals surface area contributed by atoms with Crippen molar-refractivity contribution in [1.29, 1.82) is 0 Å². The summed E-state index contributed by atoms with van der Waals surface area (Å²) in [5.41, 5.74) is 0.622. The summed E-state index contributed by atoms with van der Waals surface area (Å²) in [5, 5.41) is 0. The van der Waals surface area contributed by atoms with Crippen molar-refractivity contribution >= 4 is 0 Å². The molecule has 1 nitrogen and oxygen atoms in total. The van der Waals surface area contributed by atoms with Crippen LogP contribution in [0.3, 0.4) is 0 Å². The van der Waals surface area contributed by atoms with Crippen LogP contribution in [0.5, 0.6) is 0 Å². The van der Waals surface area contributed by atoms with Crippen molar-refractivity contribution in [3.05, 3.63) is 12.7 Å². The lowest BCUT2D eigenvalue weighted by Crippen LogP contribution is -2.23. The normalized spacial score (nSPS) is 22.9. The lowest BCUT2D eigenvalue weighted by molar-refractivity contribution is 0.199. The minimum Gasteiger partial charge on any atom is -0.373 e. The first-order chi connectivity index (χ1) is 5.85. The highest BCUT2D eigenvalue weighted by Gasteiger charge is 2.34. The van der Waals surface area contributed by atoms with Crippen molar-refractivity contribution in [2.75, 3.05) is 6.61 Å². The number of allylic oxidation sites excluding steroid dienone is 1. The van der Waals surface area contributed by atoms with Crippen LogP contribution in [0, 0.1) is 10.8 Å². The third kappa shape index (κ3) is 3.95. The largest absolute Gasteiger partial charge is 0.373 e. The second-order valence-electron chi connectivity index (χ2n) is 5.69. The zero-order valence-electron chi connectivity index (χ0n) is 9.39. The fraction of sp³-hybridized carbons (Fsp3) is 0.833. The van der Waals surface area contributed by atoms with Crippen molar-refractivity contribution < 1.29 is 4.74 Å². The van der Waals surface area contributed by atoms with Crippen LogP contribution in [0.4, 0.5) is 0 Å². The molecule has 0 aromatic rings. The molecule has 1 heterocycles. The molecular formula is C12H22O. The van der Waals surface area contributed by atoms with Gasteiger partial charge in [0.1, 0.15) is 0 Å². The van der Waals surface area contributed by atoms with Gasteiger partial charge >= 0.3 is 0 Å². The van der Waals surface area contributed by atoms with E-state index in [-0.39, 0.29) is 5.41 Å². The van der Waals surface area contributed by atoms with Crippen molar-refractivity contribution in [3.63, 3.8) is 0 Å². The summed E-state index contributed by atoms with van der Waals surface area (Å²) in [4.78, 5) is 0. The predicted octanol–water partition coefficient (Wildman–Crippen LogP) is 3.40. The minimum absolute atomic E-state index is 0.248. The summed E-state index contributed by atoms with van der Waals surface area (Å²) in [6, 6.07) is 0. The molecule has 1 fully saturated rings. The molecular weight excluding hydrogens is 160 g/mol. The van der Waals surface area contributed by atoms with Gasteiger partial charge in [0.05, 0.1) is 12.7 Å². The fourth-order valence-electron chi connectivity index (χ4n) is 2.18. The topological polar surface area (TPSA) is 12.5 Å². The Morgan fingerprint density at radius 3 is 2.31 bits per heavy atom. The highest BCUT2D eigenvalue weighted by molar-refractivity contribution is 4.93. The van der Waals surface area contributed by atoms with Crippen LogP contribution < -0.4 is 0 Å². The standard InChI is InChI=1S/C12H22O/c1-6-11(2,3)9-12(4,5)7-10-8-13-10/h6,10H,1,7-9H2,2-5H3. The highest BCUT2D eigenvalue weighted by atomic mass is 16.6. The third-order valence-electron chi connectivity index (χ3n) is 2.67. The molecule has 1 saturated heterocycles. The zero-order chi connectivity index (χ0) is 10.1. The minimum atomic E-state index is 0.248. The van der Waals surface area contributed by atoms with Gasteiger partial charge in [0.15, 0.2) is 0 Å². The number of rotatable bonds is 5. The Hall–Kier alpha value is -0.300. The second-order valence-corrected chi connectivity index (χ2v) is 5.69. The number of epoxide rings is 1. The van der Waals surface area contributed by atoms with Gasteiger partial charge in [-0.05, 0) is 23.7 Å². The van der Waals surface area contributed by atoms with E-state index in [9.17, 15) is 0 Å². The number of hydrogen-bond donors (Lipinski definition) is 0. The SMILES string of the molecule is C=CC(C)(C)CC(C)(C)CC1CO1. The summed E-state index contributed by atoms with van der Waals surface area (Å²) < 4.78 is 5.27. The van der Waals surface area contributed by atoms with Gasteiger partial charge in [-0.1, -0.05) is 33.8 Å². The van der Waals surface area contributed by atoms with E-state index in [0.717, 1.165) is 6.61 Å². The molecule has 1 heteroatoms. The molecule has 1 aliphatic rings. The van der Waals surface area contributed by atoms with E-state index in [4.69, 9.17) is 4.74 Å². The van der Waals surface area contributed by atoms with Gasteiger partial charge in [-0.2, -0.15) is 0 Å². The first-order valence-electron chi connectivity index (χ1n) is 5.10. The van der Waals surface area contributed by atoms with Crippen LogP contribution in [-0.4, -0.2) is 12.7 Å². The average Bonchev–Trinajstić information content (AvgIpc) is 2.68. The molecule has 13 heavy (non-hydrogen) atoms. The molecule has 0 aromatic heterocycles. The summed E-state index contributed by atoms with van der Waals surface area (Å²) in [6.07, 6.45) is 4.96. The van der Waals surface area contributed by atoms with Crippen molar-refractivity contribution in [3.8, 4) is 0 Å². The Balaban J connectivity index is 2.43. The van der Waals surface area contributed by atoms with Gasteiger partial charge in [0.25, 0.3) is 0 Å². The van der Waals surface area contributed by atoms with Gasteiger partial charge in [-0.25, -0.2) is 0 Å². The van der Waals surface area contributed by atoms with Gasteiger partial charge < -0.3 is 4.74 Å². The molecule has 0 radical (unpaired) electrons. The van der Waals surface area contributed by atoms with E-state index in [1.54, 1.807) is 0 Å². The first-order valence-corrected chi connectivity index (χ1v) is 5.10. The molecule has 0 N–H and O–H groups in total. The Morgan fingerprint density at radius 1 is 1.38 bits per heavy atom. The van der Waals surface area contributed by atoms with Crippen molar-refractivity contribution in [2.45, 2.75) is 46.6 Å². The summed E-state index contributed by atoms with van der Waals surface area (Å²) in [6.45, 7) is 14.0. The zero-order valence-corrected chi connectivity index (χ0v) is 9.39. The Labute approximate surface area is 82.2 Å². The molecule has 0 saturated carbocycles. The monoisotopic (exact) mass is 182 g/mol. The Bertz CT molecular complexity index is 187. The third-order valence-corrected chi connectivity index (χ3v) is 2.67. The summed E-state index contributed by atoms with van der Waals surface area (Å²) in [5.74, 6) is 0. The fourth-order valence-corrected chi connectivity index (χ4v) is 2.18. The van der Waals surface area contributed by atoms with Crippen LogP contribution in [0.25, 0.3) is 0 Å². The maximum Gasteiger partial charge on any atom is 0.0815 e. The number of hydrogen-bond acceptors (Lipinski definition) is 1. The molecule has 0 amide bonds. The highest BCUT2D eigenvalue weighted by Crippen LogP contribution is 2.39. The average molecular weight is 182 g/mol. The summed E-state index contributed by atoms with van der Waals surface area (Å²) >= 11 is 0. The maximum absolute atomic E-state index is 5.27. The molecule has 0 bridgehead atoms. The van der Waals surface area contributed by atoms with Crippen LogP contribution >= 0.6 is 0 Å². The molecule has 0 aromatic carbocycles. The molecule has 1 rings (SSSR count). The van der Waals surface area contributed by atoms with Crippen molar-refractivity contribution in [2.24, 2.45) is 10.8 Å². The molecule has 1 unspecified atom stereocenters. The molecule has 0 aliphatic carbocycles. The van der Waals surface area contributed by atoms with E-state index in [2.05, 4.69) is 40.3 Å². The summed E-state index contributed by atoms with van der Waals surface area (Å²) in [7, 11) is 0. The van der Waals surface area contributed by atoms with Gasteiger partial charge in [-0.15, -0.1) is 6.58 Å². The molecule has 76 valence electrons. The van der Waals surface area contributed by atoms with Crippen LogP contribution in [0.15, 0.2) is 12.7 Å².